The van der Waals surface area contributed by atoms with E-state index in [9.17, 15) is 4.79 Å². The molecule has 146 valence electrons. The van der Waals surface area contributed by atoms with E-state index in [1.54, 1.807) is 11.8 Å². The van der Waals surface area contributed by atoms with Gasteiger partial charge in [0.05, 0.1) is 5.71 Å². The van der Waals surface area contributed by atoms with Crippen molar-refractivity contribution in [3.05, 3.63) is 59.7 Å². The van der Waals surface area contributed by atoms with Crippen molar-refractivity contribution in [3.63, 3.8) is 0 Å². The van der Waals surface area contributed by atoms with Crippen LogP contribution in [0.5, 0.6) is 5.75 Å². The molecule has 28 heavy (non-hydrogen) atoms. The molecular weight excluding hydrogens is 372 g/mol. The van der Waals surface area contributed by atoms with Crippen LogP contribution in [0.25, 0.3) is 0 Å². The molecule has 6 nitrogen and oxygen atoms in total. The Morgan fingerprint density at radius 3 is 2.79 bits per heavy atom. The SMILES string of the molecule is C/C(=N/NC(=O)COc1cccc(C)c1)c1ccc(NC2=NCCCS2)cc1. The fourth-order valence-electron chi connectivity index (χ4n) is 2.55. The highest BCUT2D eigenvalue weighted by Crippen LogP contribution is 2.17. The number of hydrogen-bond donors (Lipinski definition) is 2. The van der Waals surface area contributed by atoms with Crippen molar-refractivity contribution in [1.82, 2.24) is 5.43 Å². The second kappa shape index (κ2) is 9.94. The number of benzene rings is 2. The smallest absolute Gasteiger partial charge is 0.277 e. The van der Waals surface area contributed by atoms with Gasteiger partial charge in [0.25, 0.3) is 5.91 Å². The molecule has 2 aromatic carbocycles. The third-order valence-corrected chi connectivity index (χ3v) is 5.06. The number of aryl methyl sites for hydroxylation is 1. The summed E-state index contributed by atoms with van der Waals surface area (Å²) in [5.41, 5.74) is 6.26. The summed E-state index contributed by atoms with van der Waals surface area (Å²) < 4.78 is 5.47. The summed E-state index contributed by atoms with van der Waals surface area (Å²) in [7, 11) is 0. The maximum atomic E-state index is 11.9. The van der Waals surface area contributed by atoms with Crippen LogP contribution in [0.4, 0.5) is 5.69 Å². The number of amidine groups is 1. The van der Waals surface area contributed by atoms with Crippen LogP contribution in [0.1, 0.15) is 24.5 Å². The Labute approximate surface area is 169 Å². The fourth-order valence-corrected chi connectivity index (χ4v) is 3.39. The first-order valence-corrected chi connectivity index (χ1v) is 10.2. The molecule has 0 saturated heterocycles. The molecular formula is C21H24N4O2S. The lowest BCUT2D eigenvalue weighted by atomic mass is 10.1. The number of aliphatic imine (C=N–C) groups is 1. The number of thioether (sulfide) groups is 1. The highest BCUT2D eigenvalue weighted by atomic mass is 32.2. The largest absolute Gasteiger partial charge is 0.484 e. The van der Waals surface area contributed by atoms with Crippen molar-refractivity contribution >= 4 is 34.2 Å². The maximum Gasteiger partial charge on any atom is 0.277 e. The minimum atomic E-state index is -0.300. The van der Waals surface area contributed by atoms with Crippen LogP contribution in [-0.4, -0.2) is 35.7 Å². The van der Waals surface area contributed by atoms with Crippen LogP contribution in [0.15, 0.2) is 58.6 Å². The van der Waals surface area contributed by atoms with Crippen molar-refractivity contribution in [2.75, 3.05) is 24.2 Å². The molecule has 0 fully saturated rings. The van der Waals surface area contributed by atoms with Gasteiger partial charge in [-0.3, -0.25) is 9.79 Å². The molecule has 0 aromatic heterocycles. The first-order valence-electron chi connectivity index (χ1n) is 9.17. The minimum Gasteiger partial charge on any atom is -0.484 e. The Morgan fingerprint density at radius 1 is 1.25 bits per heavy atom. The number of carbonyl (C=O) groups excluding carboxylic acids is 1. The lowest BCUT2D eigenvalue weighted by Crippen LogP contribution is -2.25. The van der Waals surface area contributed by atoms with Gasteiger partial charge in [0.15, 0.2) is 11.8 Å². The summed E-state index contributed by atoms with van der Waals surface area (Å²) in [6.45, 7) is 4.63. The Bertz CT molecular complexity index is 878. The molecule has 1 amide bonds. The van der Waals surface area contributed by atoms with Crippen molar-refractivity contribution < 1.29 is 9.53 Å². The fraction of sp³-hybridized carbons (Fsp3) is 0.286. The van der Waals surface area contributed by atoms with Crippen LogP contribution in [0.3, 0.4) is 0 Å². The van der Waals surface area contributed by atoms with E-state index in [2.05, 4.69) is 20.8 Å². The second-order valence-electron chi connectivity index (χ2n) is 6.43. The number of anilines is 1. The first-order chi connectivity index (χ1) is 13.6. The van der Waals surface area contributed by atoms with Crippen LogP contribution in [0, 0.1) is 6.92 Å². The Kier molecular flexibility index (Phi) is 7.08. The second-order valence-corrected chi connectivity index (χ2v) is 7.51. The number of rotatable bonds is 6. The van der Waals surface area contributed by atoms with E-state index < -0.39 is 0 Å². The number of nitrogens with one attached hydrogen (secondary N) is 2. The predicted octanol–water partition coefficient (Wildman–Crippen LogP) is 3.82. The standard InChI is InChI=1S/C21H24N4O2S/c1-15-5-3-6-19(13-15)27-14-20(26)25-24-16(2)17-7-9-18(10-8-17)23-21-22-11-4-12-28-21/h3,5-10,13H,4,11-12,14H2,1-2H3,(H,22,23)(H,25,26)/b24-16-. The molecule has 0 unspecified atom stereocenters. The zero-order chi connectivity index (χ0) is 19.8. The van der Waals surface area contributed by atoms with Crippen molar-refractivity contribution in [1.29, 1.82) is 0 Å². The Morgan fingerprint density at radius 2 is 2.07 bits per heavy atom. The van der Waals surface area contributed by atoms with Gasteiger partial charge in [-0.1, -0.05) is 36.0 Å². The van der Waals surface area contributed by atoms with Gasteiger partial charge in [-0.25, -0.2) is 5.43 Å². The highest BCUT2D eigenvalue weighted by molar-refractivity contribution is 8.14. The summed E-state index contributed by atoms with van der Waals surface area (Å²) >= 11 is 1.74. The van der Waals surface area contributed by atoms with E-state index in [0.717, 1.165) is 46.4 Å². The average Bonchev–Trinajstić information content (AvgIpc) is 2.72. The van der Waals surface area contributed by atoms with E-state index >= 15 is 0 Å². The molecule has 0 radical (unpaired) electrons. The molecule has 0 bridgehead atoms. The maximum absolute atomic E-state index is 11.9. The van der Waals surface area contributed by atoms with Gasteiger partial charge in [-0.2, -0.15) is 5.10 Å². The monoisotopic (exact) mass is 396 g/mol. The Balaban J connectivity index is 1.49. The van der Waals surface area contributed by atoms with E-state index in [0.29, 0.717) is 5.75 Å². The molecule has 0 atom stereocenters. The molecule has 3 rings (SSSR count). The molecule has 1 heterocycles. The van der Waals surface area contributed by atoms with E-state index in [1.165, 1.54) is 0 Å². The topological polar surface area (TPSA) is 75.1 Å². The summed E-state index contributed by atoms with van der Waals surface area (Å²) in [4.78, 5) is 16.4. The quantitative estimate of drug-likeness (QED) is 0.575. The Hall–Kier alpha value is -2.80. The van der Waals surface area contributed by atoms with Gasteiger partial charge in [0.1, 0.15) is 5.75 Å². The van der Waals surface area contributed by atoms with Crippen molar-refractivity contribution in [3.8, 4) is 5.75 Å². The number of nitrogens with zero attached hydrogens (tertiary/aromatic N) is 2. The lowest BCUT2D eigenvalue weighted by Gasteiger charge is -2.13. The number of amides is 1. The van der Waals surface area contributed by atoms with Crippen LogP contribution in [-0.2, 0) is 4.79 Å². The van der Waals surface area contributed by atoms with Crippen molar-refractivity contribution in [2.24, 2.45) is 10.1 Å². The van der Waals surface area contributed by atoms with Gasteiger partial charge in [0, 0.05) is 18.0 Å². The summed E-state index contributed by atoms with van der Waals surface area (Å²) in [5.74, 6) is 1.47. The lowest BCUT2D eigenvalue weighted by molar-refractivity contribution is -0.123. The summed E-state index contributed by atoms with van der Waals surface area (Å²) in [5, 5.41) is 8.44. The number of carbonyl (C=O) groups is 1. The third-order valence-electron chi connectivity index (χ3n) is 4.06. The predicted molar refractivity (Wildman–Crippen MR) is 116 cm³/mol. The van der Waals surface area contributed by atoms with Gasteiger partial charge < -0.3 is 10.1 Å². The van der Waals surface area contributed by atoms with Gasteiger partial charge in [-0.05, 0) is 55.7 Å². The van der Waals surface area contributed by atoms with Gasteiger partial charge in [0.2, 0.25) is 0 Å². The number of ether oxygens (including phenoxy) is 1. The van der Waals surface area contributed by atoms with E-state index in [-0.39, 0.29) is 12.5 Å². The highest BCUT2D eigenvalue weighted by Gasteiger charge is 2.07. The van der Waals surface area contributed by atoms with E-state index in [4.69, 9.17) is 4.74 Å². The molecule has 1 aliphatic heterocycles. The molecule has 2 N–H and O–H groups in total. The molecule has 0 saturated carbocycles. The number of hydrogen-bond acceptors (Lipinski definition) is 6. The van der Waals surface area contributed by atoms with Crippen LogP contribution >= 0.6 is 11.8 Å². The van der Waals surface area contributed by atoms with Crippen LogP contribution in [0.2, 0.25) is 0 Å². The normalized spacial score (nSPS) is 14.2. The molecule has 0 spiro atoms. The molecule has 0 aliphatic carbocycles. The summed E-state index contributed by atoms with van der Waals surface area (Å²) in [6, 6.07) is 15.5. The minimum absolute atomic E-state index is 0.0805. The van der Waals surface area contributed by atoms with Gasteiger partial charge in [-0.15, -0.1) is 0 Å². The molecule has 2 aromatic rings. The molecule has 1 aliphatic rings. The zero-order valence-electron chi connectivity index (χ0n) is 16.1. The third kappa shape index (κ3) is 6.13. The average molecular weight is 397 g/mol. The van der Waals surface area contributed by atoms with Crippen molar-refractivity contribution in [2.45, 2.75) is 20.3 Å². The zero-order valence-corrected chi connectivity index (χ0v) is 16.9. The van der Waals surface area contributed by atoms with E-state index in [1.807, 2.05) is 62.4 Å². The molecule has 7 heteroatoms. The summed E-state index contributed by atoms with van der Waals surface area (Å²) in [6.07, 6.45) is 1.13. The van der Waals surface area contributed by atoms with Crippen LogP contribution < -0.4 is 15.5 Å². The van der Waals surface area contributed by atoms with Gasteiger partial charge >= 0.3 is 0 Å². The first kappa shape index (κ1) is 19.9. The number of hydrazone groups is 1.